The fourth-order valence-electron chi connectivity index (χ4n) is 1.09. The first-order valence-electron chi connectivity index (χ1n) is 4.80. The lowest BCUT2D eigenvalue weighted by molar-refractivity contribution is 0.0697. The van der Waals surface area contributed by atoms with E-state index < -0.39 is 12.0 Å². The van der Waals surface area contributed by atoms with Crippen LogP contribution in [-0.2, 0) is 0 Å². The van der Waals surface area contributed by atoms with Crippen LogP contribution in [0.3, 0.4) is 0 Å². The summed E-state index contributed by atoms with van der Waals surface area (Å²) in [6, 6.07) is -0.409. The third kappa shape index (κ3) is 2.93. The molecule has 0 unspecified atom stereocenters. The van der Waals surface area contributed by atoms with Crippen molar-refractivity contribution in [2.45, 2.75) is 20.3 Å². The average Bonchev–Trinajstić information content (AvgIpc) is 2.56. The van der Waals surface area contributed by atoms with Gasteiger partial charge in [-0.15, -0.1) is 0 Å². The second kappa shape index (κ2) is 5.45. The molecular formula is C9H13N3O3S. The van der Waals surface area contributed by atoms with Crippen LogP contribution in [0.4, 0.5) is 9.80 Å². The molecule has 0 aromatic carbocycles. The maximum absolute atomic E-state index is 11.3. The lowest BCUT2D eigenvalue weighted by Gasteiger charge is -2.04. The van der Waals surface area contributed by atoms with Crippen LogP contribution in [0.15, 0.2) is 0 Å². The number of rotatable bonds is 4. The molecule has 0 bridgehead atoms. The smallest absolute Gasteiger partial charge is 0.340 e. The van der Waals surface area contributed by atoms with E-state index in [2.05, 4.69) is 15.0 Å². The number of nitrogens with zero attached hydrogens (tertiary/aromatic N) is 1. The van der Waals surface area contributed by atoms with Crippen LogP contribution in [-0.4, -0.2) is 28.0 Å². The SMILES string of the molecule is CCCNC(=O)Nc1snc(C)c1C(=O)O. The minimum atomic E-state index is -1.09. The Morgan fingerprint density at radius 1 is 1.50 bits per heavy atom. The highest BCUT2D eigenvalue weighted by atomic mass is 32.1. The predicted molar refractivity (Wildman–Crippen MR) is 61.1 cm³/mol. The lowest BCUT2D eigenvalue weighted by Crippen LogP contribution is -2.29. The molecule has 0 aliphatic rings. The Kier molecular flexibility index (Phi) is 4.24. The zero-order chi connectivity index (χ0) is 12.1. The first kappa shape index (κ1) is 12.4. The van der Waals surface area contributed by atoms with Gasteiger partial charge in [0.1, 0.15) is 10.6 Å². The number of carbonyl (C=O) groups is 2. The Bertz CT molecular complexity index is 403. The molecule has 0 fully saturated rings. The Morgan fingerprint density at radius 3 is 2.75 bits per heavy atom. The number of aromatic nitrogens is 1. The zero-order valence-electron chi connectivity index (χ0n) is 9.03. The van der Waals surface area contributed by atoms with Crippen molar-refractivity contribution >= 4 is 28.5 Å². The van der Waals surface area contributed by atoms with Gasteiger partial charge in [0, 0.05) is 6.54 Å². The van der Waals surface area contributed by atoms with E-state index in [4.69, 9.17) is 5.11 Å². The Balaban J connectivity index is 2.74. The number of carboxylic acids is 1. The number of carboxylic acid groups (broad SMARTS) is 1. The third-order valence-electron chi connectivity index (χ3n) is 1.84. The van der Waals surface area contributed by atoms with Crippen LogP contribution in [0.1, 0.15) is 29.4 Å². The highest BCUT2D eigenvalue weighted by molar-refractivity contribution is 7.11. The van der Waals surface area contributed by atoms with Gasteiger partial charge in [0.05, 0.1) is 5.69 Å². The number of carbonyl (C=O) groups excluding carboxylic acids is 1. The minimum absolute atomic E-state index is 0.0525. The highest BCUT2D eigenvalue weighted by Crippen LogP contribution is 2.24. The summed E-state index contributed by atoms with van der Waals surface area (Å²) in [5.74, 6) is -1.09. The average molecular weight is 243 g/mol. The molecule has 1 rings (SSSR count). The molecule has 88 valence electrons. The predicted octanol–water partition coefficient (Wildman–Crippen LogP) is 1.68. The molecule has 0 spiro atoms. The van der Waals surface area contributed by atoms with E-state index in [1.165, 1.54) is 0 Å². The minimum Gasteiger partial charge on any atom is -0.478 e. The van der Waals surface area contributed by atoms with Gasteiger partial charge in [-0.05, 0) is 24.9 Å². The van der Waals surface area contributed by atoms with Crippen molar-refractivity contribution in [1.82, 2.24) is 9.69 Å². The van der Waals surface area contributed by atoms with Crippen LogP contribution < -0.4 is 10.6 Å². The summed E-state index contributed by atoms with van der Waals surface area (Å²) >= 11 is 0.964. The topological polar surface area (TPSA) is 91.3 Å². The summed E-state index contributed by atoms with van der Waals surface area (Å²) in [5.41, 5.74) is 0.458. The van der Waals surface area contributed by atoms with Crippen molar-refractivity contribution in [2.75, 3.05) is 11.9 Å². The summed E-state index contributed by atoms with van der Waals surface area (Å²) in [5, 5.41) is 14.2. The first-order chi connectivity index (χ1) is 7.56. The highest BCUT2D eigenvalue weighted by Gasteiger charge is 2.18. The van der Waals surface area contributed by atoms with E-state index in [0.717, 1.165) is 18.0 Å². The molecule has 0 saturated heterocycles. The first-order valence-corrected chi connectivity index (χ1v) is 5.58. The molecule has 2 amide bonds. The maximum atomic E-state index is 11.3. The molecule has 6 nitrogen and oxygen atoms in total. The molecular weight excluding hydrogens is 230 g/mol. The molecule has 0 radical (unpaired) electrons. The normalized spacial score (nSPS) is 9.88. The molecule has 0 saturated carbocycles. The zero-order valence-corrected chi connectivity index (χ0v) is 9.85. The monoisotopic (exact) mass is 243 g/mol. The number of urea groups is 1. The van der Waals surface area contributed by atoms with Crippen molar-refractivity contribution in [1.29, 1.82) is 0 Å². The molecule has 0 atom stereocenters. The molecule has 0 aliphatic carbocycles. The Morgan fingerprint density at radius 2 is 2.19 bits per heavy atom. The lowest BCUT2D eigenvalue weighted by atomic mass is 10.2. The van der Waals surface area contributed by atoms with Crippen LogP contribution in [0, 0.1) is 6.92 Å². The second-order valence-corrected chi connectivity index (χ2v) is 3.93. The van der Waals surface area contributed by atoms with Gasteiger partial charge in [-0.3, -0.25) is 5.32 Å². The number of hydrogen-bond acceptors (Lipinski definition) is 4. The van der Waals surface area contributed by atoms with Gasteiger partial charge in [-0.25, -0.2) is 9.59 Å². The van der Waals surface area contributed by atoms with Crippen LogP contribution in [0.25, 0.3) is 0 Å². The number of hydrogen-bond donors (Lipinski definition) is 3. The quantitative estimate of drug-likeness (QED) is 0.750. The molecule has 16 heavy (non-hydrogen) atoms. The number of nitrogens with one attached hydrogen (secondary N) is 2. The van der Waals surface area contributed by atoms with E-state index in [9.17, 15) is 9.59 Å². The van der Waals surface area contributed by atoms with Crippen LogP contribution in [0.5, 0.6) is 0 Å². The maximum Gasteiger partial charge on any atom is 0.340 e. The second-order valence-electron chi connectivity index (χ2n) is 3.16. The molecule has 1 heterocycles. The van der Waals surface area contributed by atoms with Crippen LogP contribution >= 0.6 is 11.5 Å². The van der Waals surface area contributed by atoms with E-state index >= 15 is 0 Å². The number of aryl methyl sites for hydroxylation is 1. The van der Waals surface area contributed by atoms with Crippen LogP contribution in [0.2, 0.25) is 0 Å². The molecule has 3 N–H and O–H groups in total. The number of aromatic carboxylic acids is 1. The largest absolute Gasteiger partial charge is 0.478 e. The Labute approximate surface area is 96.8 Å². The summed E-state index contributed by atoms with van der Waals surface area (Å²) in [6.45, 7) is 4.07. The summed E-state index contributed by atoms with van der Waals surface area (Å²) in [4.78, 5) is 22.2. The summed E-state index contributed by atoms with van der Waals surface area (Å²) in [6.07, 6.45) is 0.820. The number of amides is 2. The van der Waals surface area contributed by atoms with Crippen molar-refractivity contribution < 1.29 is 14.7 Å². The van der Waals surface area contributed by atoms with Crippen molar-refractivity contribution in [3.8, 4) is 0 Å². The van der Waals surface area contributed by atoms with Crippen molar-refractivity contribution in [3.63, 3.8) is 0 Å². The van der Waals surface area contributed by atoms with E-state index in [1.807, 2.05) is 6.92 Å². The standard InChI is InChI=1S/C9H13N3O3S/c1-3-4-10-9(15)11-7-6(8(13)14)5(2)12-16-7/h3-4H2,1-2H3,(H,13,14)(H2,10,11,15). The van der Waals surface area contributed by atoms with Gasteiger partial charge in [0.2, 0.25) is 0 Å². The van der Waals surface area contributed by atoms with Gasteiger partial charge >= 0.3 is 12.0 Å². The molecule has 1 aromatic heterocycles. The molecule has 0 aliphatic heterocycles. The summed E-state index contributed by atoms with van der Waals surface area (Å²) in [7, 11) is 0. The van der Waals surface area contributed by atoms with E-state index in [-0.39, 0.29) is 10.6 Å². The third-order valence-corrected chi connectivity index (χ3v) is 2.69. The molecule has 7 heteroatoms. The van der Waals surface area contributed by atoms with Crippen molar-refractivity contribution in [3.05, 3.63) is 11.3 Å². The number of anilines is 1. The fourth-order valence-corrected chi connectivity index (χ4v) is 1.88. The fraction of sp³-hybridized carbons (Fsp3) is 0.444. The van der Waals surface area contributed by atoms with Gasteiger partial charge < -0.3 is 10.4 Å². The van der Waals surface area contributed by atoms with Gasteiger partial charge in [-0.1, -0.05) is 6.92 Å². The van der Waals surface area contributed by atoms with Gasteiger partial charge in [0.25, 0.3) is 0 Å². The van der Waals surface area contributed by atoms with Crippen molar-refractivity contribution in [2.24, 2.45) is 0 Å². The Hall–Kier alpha value is -1.63. The molecule has 1 aromatic rings. The van der Waals surface area contributed by atoms with Gasteiger partial charge in [0.15, 0.2) is 0 Å². The van der Waals surface area contributed by atoms with E-state index in [0.29, 0.717) is 12.2 Å². The van der Waals surface area contributed by atoms with Gasteiger partial charge in [-0.2, -0.15) is 4.37 Å². The van der Waals surface area contributed by atoms with E-state index in [1.54, 1.807) is 6.92 Å². The summed E-state index contributed by atoms with van der Waals surface area (Å²) < 4.78 is 3.89.